The molecule has 3 heterocycles. The Hall–Kier alpha value is -3.66. The maximum Gasteiger partial charge on any atom is 0.134 e. The SMILES string of the molecule is CC.CC.CC.CC.CC.CC.CC.CC.CC.CC.CC.CC.CC.CC.CC.CC.CC1C=CC1.CC1CC=CC1.CC1CC=CCC1.CC1CCCC1.CC1CCCCC1.Cc1cc2ccccc2o1.Cc1cc2ccccc2s1.Cc1csc2ccccc12. The molecule has 3 heteroatoms. The zero-order valence-electron chi connectivity index (χ0n) is 71.3. The molecule has 554 valence electrons. The van der Waals surface area contributed by atoms with E-state index >= 15 is 0 Å². The molecule has 0 amide bonds. The Morgan fingerprint density at radius 3 is 0.989 bits per heavy atom. The molecule has 2 fully saturated rings. The fourth-order valence-electron chi connectivity index (χ4n) is 7.88. The van der Waals surface area contributed by atoms with Crippen molar-refractivity contribution in [3.05, 3.63) is 143 Å². The fourth-order valence-corrected chi connectivity index (χ4v) is 9.75. The molecule has 5 aliphatic carbocycles. The molecule has 3 aromatic carbocycles. The second-order valence-corrected chi connectivity index (χ2v) is 20.6. The summed E-state index contributed by atoms with van der Waals surface area (Å²) in [4.78, 5) is 1.39. The third kappa shape index (κ3) is 80.7. The number of hydrogen-bond acceptors (Lipinski definition) is 3. The number of fused-ring (bicyclic) bond motifs is 3. The van der Waals surface area contributed by atoms with Crippen LogP contribution in [0.25, 0.3) is 31.1 Å². The minimum atomic E-state index is 0.884. The zero-order chi connectivity index (χ0) is 75.7. The van der Waals surface area contributed by atoms with Crippen molar-refractivity contribution in [2.75, 3.05) is 0 Å². The summed E-state index contributed by atoms with van der Waals surface area (Å²) in [6.07, 6.45) is 34.8. The van der Waals surface area contributed by atoms with Crippen molar-refractivity contribution < 1.29 is 4.42 Å². The molecule has 0 spiro atoms. The molecule has 0 radical (unpaired) electrons. The molecule has 3 aromatic heterocycles. The molecular weight excluding hydrogens is 1160 g/mol. The van der Waals surface area contributed by atoms with E-state index in [1.54, 1.807) is 0 Å². The summed E-state index contributed by atoms with van der Waals surface area (Å²) in [6, 6.07) is 29.2. The number of thiophene rings is 2. The van der Waals surface area contributed by atoms with Crippen molar-refractivity contribution in [1.82, 2.24) is 0 Å². The Morgan fingerprint density at radius 2 is 0.699 bits per heavy atom. The smallest absolute Gasteiger partial charge is 0.134 e. The highest BCUT2D eigenvalue weighted by molar-refractivity contribution is 7.19. The highest BCUT2D eigenvalue weighted by atomic mass is 32.1. The minimum Gasteiger partial charge on any atom is -0.461 e. The molecule has 2 atom stereocenters. The van der Waals surface area contributed by atoms with Crippen LogP contribution in [0.1, 0.15) is 369 Å². The highest BCUT2D eigenvalue weighted by Crippen LogP contribution is 2.26. The lowest BCUT2D eigenvalue weighted by molar-refractivity contribution is 0.385. The van der Waals surface area contributed by atoms with Gasteiger partial charge in [0.25, 0.3) is 0 Å². The van der Waals surface area contributed by atoms with Gasteiger partial charge in [0.05, 0.1) is 0 Å². The molecule has 2 unspecified atom stereocenters. The predicted octanol–water partition coefficient (Wildman–Crippen LogP) is 36.3. The van der Waals surface area contributed by atoms with Gasteiger partial charge in [-0.3, -0.25) is 0 Å². The first-order valence-electron chi connectivity index (χ1n) is 39.9. The van der Waals surface area contributed by atoms with Crippen LogP contribution in [-0.2, 0) is 0 Å². The van der Waals surface area contributed by atoms with E-state index in [4.69, 9.17) is 4.42 Å². The first kappa shape index (κ1) is 120. The predicted molar refractivity (Wildman–Crippen MR) is 458 cm³/mol. The summed E-state index contributed by atoms with van der Waals surface area (Å²) in [5.74, 6) is 5.82. The summed E-state index contributed by atoms with van der Waals surface area (Å²) in [7, 11) is 0. The van der Waals surface area contributed by atoms with Crippen molar-refractivity contribution in [2.24, 2.45) is 29.6 Å². The maximum atomic E-state index is 5.37. The second-order valence-electron chi connectivity index (χ2n) is 18.4. The molecule has 0 saturated heterocycles. The van der Waals surface area contributed by atoms with Gasteiger partial charge in [-0.05, 0) is 141 Å². The number of aryl methyl sites for hydroxylation is 3. The first-order chi connectivity index (χ1) is 45.6. The Morgan fingerprint density at radius 1 is 0.344 bits per heavy atom. The molecule has 11 rings (SSSR count). The number of rotatable bonds is 0. The Kier molecular flexibility index (Phi) is 145. The van der Waals surface area contributed by atoms with Crippen LogP contribution in [0.15, 0.2) is 131 Å². The minimum absolute atomic E-state index is 0.884. The van der Waals surface area contributed by atoms with Gasteiger partial charge < -0.3 is 4.42 Å². The quantitative estimate of drug-likeness (QED) is 0.138. The van der Waals surface area contributed by atoms with Crippen molar-refractivity contribution in [3.8, 4) is 0 Å². The van der Waals surface area contributed by atoms with Crippen LogP contribution in [-0.4, -0.2) is 0 Å². The standard InChI is InChI=1S/C9H8O.2C9H8S.C7H14.C7H12.C6H12.C6H10.C5H8.16C2H6/c1-7-6-8-4-2-3-5-9(8)10-7;1-7-6-10-9-5-3-2-4-8(7)9;1-7-6-8-4-2-3-5-9(8)10-7;2*1-7-5-3-2-4-6-7;2*1-6-4-2-3-5-6;1-5-3-2-4-5;16*1-2/h3*2-6H,1H3;7H,2-6H2,1H3;2-3,7H,4-6H2,1H3;6H,2-5H2,1H3;2-3,6H,4-5H2,1H3;2-3,5H,4H2,1H3;16*1-2H3. The third-order valence-corrected chi connectivity index (χ3v) is 14.2. The normalized spacial score (nSPS) is 13.5. The van der Waals surface area contributed by atoms with Crippen molar-refractivity contribution in [1.29, 1.82) is 0 Å². The van der Waals surface area contributed by atoms with E-state index in [1.807, 2.05) is 281 Å². The maximum absolute atomic E-state index is 5.37. The topological polar surface area (TPSA) is 13.1 Å². The van der Waals surface area contributed by atoms with E-state index in [0.29, 0.717) is 0 Å². The number of benzene rings is 3. The molecule has 1 nitrogen and oxygen atoms in total. The van der Waals surface area contributed by atoms with Gasteiger partial charge in [-0.25, -0.2) is 0 Å². The van der Waals surface area contributed by atoms with Crippen LogP contribution >= 0.6 is 22.7 Å². The summed E-state index contributed by atoms with van der Waals surface area (Å²) < 4.78 is 8.15. The average Bonchev–Trinajstić information content (AvgIpc) is 1.78. The van der Waals surface area contributed by atoms with Gasteiger partial charge in [0.15, 0.2) is 0 Å². The van der Waals surface area contributed by atoms with E-state index in [2.05, 4.69) is 145 Å². The van der Waals surface area contributed by atoms with Crippen LogP contribution < -0.4 is 0 Å². The Labute approximate surface area is 600 Å². The second kappa shape index (κ2) is 113. The van der Waals surface area contributed by atoms with Crippen LogP contribution in [0.4, 0.5) is 0 Å². The third-order valence-electron chi connectivity index (χ3n) is 12.1. The molecule has 0 aliphatic heterocycles. The zero-order valence-corrected chi connectivity index (χ0v) is 73.0. The van der Waals surface area contributed by atoms with Crippen LogP contribution in [0.2, 0.25) is 0 Å². The first-order valence-corrected chi connectivity index (χ1v) is 41.6. The van der Waals surface area contributed by atoms with Crippen molar-refractivity contribution >= 4 is 53.8 Å². The van der Waals surface area contributed by atoms with Crippen LogP contribution in [0.3, 0.4) is 0 Å². The number of para-hydroxylation sites is 1. The van der Waals surface area contributed by atoms with Crippen LogP contribution in [0, 0.1) is 50.4 Å². The van der Waals surface area contributed by atoms with Crippen molar-refractivity contribution in [2.45, 2.75) is 373 Å². The van der Waals surface area contributed by atoms with Gasteiger partial charge in [-0.2, -0.15) is 0 Å². The number of furan rings is 1. The van der Waals surface area contributed by atoms with Gasteiger partial charge in [-0.15, -0.1) is 22.7 Å². The number of hydrogen-bond donors (Lipinski definition) is 0. The molecule has 5 aliphatic rings. The van der Waals surface area contributed by atoms with Crippen molar-refractivity contribution in [3.63, 3.8) is 0 Å². The molecule has 0 bridgehead atoms. The summed E-state index contributed by atoms with van der Waals surface area (Å²) in [5.41, 5.74) is 2.36. The van der Waals surface area contributed by atoms with Gasteiger partial charge >= 0.3 is 0 Å². The Balaban J connectivity index is -0.0000000677. The summed E-state index contributed by atoms with van der Waals surface area (Å²) in [6.45, 7) is 81.8. The summed E-state index contributed by atoms with van der Waals surface area (Å²) >= 11 is 3.67. The van der Waals surface area contributed by atoms with Crippen LogP contribution in [0.5, 0.6) is 0 Å². The monoisotopic (exact) mass is 1340 g/mol. The van der Waals surface area contributed by atoms with Gasteiger partial charge in [-0.1, -0.05) is 405 Å². The van der Waals surface area contributed by atoms with E-state index in [-0.39, 0.29) is 0 Å². The molecule has 2 saturated carbocycles. The molecular formula is C90H176OS2. The highest BCUT2D eigenvalue weighted by Gasteiger charge is 2.08. The lowest BCUT2D eigenvalue weighted by Gasteiger charge is -2.15. The molecule has 6 aromatic rings. The average molecular weight is 1340 g/mol. The fraction of sp³-hybridized carbons (Fsp3) is 0.667. The van der Waals surface area contributed by atoms with Gasteiger partial charge in [0.2, 0.25) is 0 Å². The van der Waals surface area contributed by atoms with E-state index in [0.717, 1.165) is 40.9 Å². The lowest BCUT2D eigenvalue weighted by atomic mass is 9.91. The largest absolute Gasteiger partial charge is 0.461 e. The van der Waals surface area contributed by atoms with Gasteiger partial charge in [0, 0.05) is 19.7 Å². The van der Waals surface area contributed by atoms with Gasteiger partial charge in [0.1, 0.15) is 11.3 Å². The van der Waals surface area contributed by atoms with E-state index < -0.39 is 0 Å². The molecule has 0 N–H and O–H groups in total. The number of allylic oxidation sites excluding steroid dienone is 6. The molecule has 93 heavy (non-hydrogen) atoms. The van der Waals surface area contributed by atoms with E-state index in [1.165, 1.54) is 132 Å². The Bertz CT molecular complexity index is 1970. The lowest BCUT2D eigenvalue weighted by Crippen LogP contribution is -1.99. The van der Waals surface area contributed by atoms with E-state index in [9.17, 15) is 0 Å². The summed E-state index contributed by atoms with van der Waals surface area (Å²) in [5, 5.41) is 6.14.